The number of nitrogens with zero attached hydrogens (tertiary/aromatic N) is 2. The van der Waals surface area contributed by atoms with Crippen molar-refractivity contribution >= 4 is 27.5 Å². The van der Waals surface area contributed by atoms with E-state index in [-0.39, 0.29) is 6.54 Å². The first-order valence-corrected chi connectivity index (χ1v) is 7.61. The molecule has 1 N–H and O–H groups in total. The van der Waals surface area contributed by atoms with Crippen LogP contribution in [0, 0.1) is 0 Å². The van der Waals surface area contributed by atoms with Gasteiger partial charge in [-0.1, -0.05) is 0 Å². The molecule has 0 amide bonds. The summed E-state index contributed by atoms with van der Waals surface area (Å²) in [5, 5.41) is 11.1. The molecule has 1 aliphatic heterocycles. The molecule has 18 heavy (non-hydrogen) atoms. The smallest absolute Gasteiger partial charge is 0.326 e. The number of carbonyl (C=O) groups is 1. The molecule has 0 spiro atoms. The van der Waals surface area contributed by atoms with Gasteiger partial charge in [-0.2, -0.15) is 17.0 Å². The van der Waals surface area contributed by atoms with Crippen LogP contribution in [-0.2, 0) is 21.4 Å². The molecule has 1 aliphatic rings. The highest BCUT2D eigenvalue weighted by molar-refractivity contribution is 7.86. The van der Waals surface area contributed by atoms with Gasteiger partial charge in [0.15, 0.2) is 0 Å². The minimum Gasteiger partial charge on any atom is -0.480 e. The van der Waals surface area contributed by atoms with Gasteiger partial charge in [0.05, 0.1) is 0 Å². The van der Waals surface area contributed by atoms with Crippen molar-refractivity contribution in [3.05, 3.63) is 21.9 Å². The minimum atomic E-state index is -3.72. The third kappa shape index (κ3) is 2.05. The molecule has 2 heterocycles. The first-order chi connectivity index (χ1) is 8.35. The van der Waals surface area contributed by atoms with Gasteiger partial charge in [0.2, 0.25) is 0 Å². The highest BCUT2D eigenvalue weighted by Crippen LogP contribution is 2.35. The van der Waals surface area contributed by atoms with Crippen molar-refractivity contribution in [3.8, 4) is 0 Å². The van der Waals surface area contributed by atoms with Crippen LogP contribution in [0.25, 0.3) is 0 Å². The fourth-order valence-corrected chi connectivity index (χ4v) is 4.12. The van der Waals surface area contributed by atoms with Crippen LogP contribution >= 0.6 is 11.3 Å². The van der Waals surface area contributed by atoms with Gasteiger partial charge < -0.3 is 5.11 Å². The van der Waals surface area contributed by atoms with Crippen molar-refractivity contribution in [1.29, 1.82) is 0 Å². The molecule has 0 aliphatic carbocycles. The zero-order chi connectivity index (χ0) is 13.5. The summed E-state index contributed by atoms with van der Waals surface area (Å²) >= 11 is 1.47. The van der Waals surface area contributed by atoms with E-state index in [0.29, 0.717) is 12.0 Å². The van der Waals surface area contributed by atoms with Crippen molar-refractivity contribution in [3.63, 3.8) is 0 Å². The molecular formula is C10H14N2O4S2. The molecule has 0 bridgehead atoms. The molecule has 1 aromatic rings. The highest BCUT2D eigenvalue weighted by Gasteiger charge is 2.41. The van der Waals surface area contributed by atoms with Gasteiger partial charge >= 0.3 is 5.97 Å². The van der Waals surface area contributed by atoms with Crippen molar-refractivity contribution in [2.75, 3.05) is 20.6 Å². The number of hydrogen-bond acceptors (Lipinski definition) is 4. The Morgan fingerprint density at radius 2 is 2.22 bits per heavy atom. The normalized spacial score (nSPS) is 20.9. The summed E-state index contributed by atoms with van der Waals surface area (Å²) in [5.74, 6) is -1.14. The minimum absolute atomic E-state index is 0.199. The average Bonchev–Trinajstić information content (AvgIpc) is 2.74. The second-order valence-electron chi connectivity index (χ2n) is 4.19. The Morgan fingerprint density at radius 1 is 1.56 bits per heavy atom. The molecule has 0 aromatic carbocycles. The molecule has 1 unspecified atom stereocenters. The quantitative estimate of drug-likeness (QED) is 0.881. The Balaban J connectivity index is 2.49. The van der Waals surface area contributed by atoms with Gasteiger partial charge in [-0.25, -0.2) is 0 Å². The summed E-state index contributed by atoms with van der Waals surface area (Å²) in [6.07, 6.45) is 0.559. The molecular weight excluding hydrogens is 276 g/mol. The molecule has 0 fully saturated rings. The molecule has 0 radical (unpaired) electrons. The zero-order valence-corrected chi connectivity index (χ0v) is 11.7. The van der Waals surface area contributed by atoms with Crippen LogP contribution in [-0.4, -0.2) is 48.7 Å². The predicted octanol–water partition coefficient (Wildman–Crippen LogP) is 0.538. The van der Waals surface area contributed by atoms with Gasteiger partial charge in [0.1, 0.15) is 6.04 Å². The van der Waals surface area contributed by atoms with E-state index in [9.17, 15) is 18.3 Å². The second-order valence-corrected chi connectivity index (χ2v) is 7.29. The first-order valence-electron chi connectivity index (χ1n) is 5.34. The lowest BCUT2D eigenvalue weighted by atomic mass is 10.0. The monoisotopic (exact) mass is 290 g/mol. The van der Waals surface area contributed by atoms with Gasteiger partial charge in [-0.3, -0.25) is 4.79 Å². The van der Waals surface area contributed by atoms with Crippen molar-refractivity contribution in [2.24, 2.45) is 0 Å². The number of carboxylic acid groups (broad SMARTS) is 1. The lowest BCUT2D eigenvalue weighted by Crippen LogP contribution is -2.47. The molecule has 2 rings (SSSR count). The van der Waals surface area contributed by atoms with Crippen molar-refractivity contribution in [2.45, 2.75) is 12.5 Å². The Morgan fingerprint density at radius 3 is 2.78 bits per heavy atom. The van der Waals surface area contributed by atoms with E-state index in [1.165, 1.54) is 25.4 Å². The maximum atomic E-state index is 12.1. The molecule has 8 heteroatoms. The fourth-order valence-electron chi connectivity index (χ4n) is 2.01. The standard InChI is InChI=1S/C10H14N2O4S2/c1-11(2)18(15,16)12-5-3-8-7(4-6-17-8)9(12)10(13)14/h4,6,9H,3,5H2,1-2H3,(H,13,14). The molecule has 1 atom stereocenters. The molecule has 6 nitrogen and oxygen atoms in total. The molecule has 100 valence electrons. The lowest BCUT2D eigenvalue weighted by molar-refractivity contribution is -0.142. The number of hydrogen-bond donors (Lipinski definition) is 1. The molecule has 0 saturated carbocycles. The van der Waals surface area contributed by atoms with E-state index in [1.807, 2.05) is 0 Å². The van der Waals surface area contributed by atoms with E-state index in [4.69, 9.17) is 0 Å². The SMILES string of the molecule is CN(C)S(=O)(=O)N1CCc2sccc2C1C(=O)O. The van der Waals surface area contributed by atoms with E-state index in [2.05, 4.69) is 0 Å². The van der Waals surface area contributed by atoms with E-state index in [0.717, 1.165) is 13.5 Å². The lowest BCUT2D eigenvalue weighted by Gasteiger charge is -2.33. The van der Waals surface area contributed by atoms with Gasteiger partial charge in [0.25, 0.3) is 10.2 Å². The summed E-state index contributed by atoms with van der Waals surface area (Å²) in [7, 11) is -0.924. The van der Waals surface area contributed by atoms with Crippen LogP contribution in [0.4, 0.5) is 0 Å². The Hall–Kier alpha value is -0.960. The van der Waals surface area contributed by atoms with Crippen LogP contribution in [0.5, 0.6) is 0 Å². The van der Waals surface area contributed by atoms with Gasteiger partial charge in [0, 0.05) is 25.5 Å². The maximum Gasteiger partial charge on any atom is 0.326 e. The number of fused-ring (bicyclic) bond motifs is 1. The van der Waals surface area contributed by atoms with Crippen molar-refractivity contribution in [1.82, 2.24) is 8.61 Å². The largest absolute Gasteiger partial charge is 0.480 e. The number of rotatable bonds is 3. The van der Waals surface area contributed by atoms with Crippen LogP contribution in [0.15, 0.2) is 11.4 Å². The Kier molecular flexibility index (Phi) is 3.45. The zero-order valence-electron chi connectivity index (χ0n) is 10.0. The van der Waals surface area contributed by atoms with E-state index in [1.54, 1.807) is 11.4 Å². The number of aliphatic carboxylic acids is 1. The van der Waals surface area contributed by atoms with Gasteiger partial charge in [-0.05, 0) is 23.4 Å². The van der Waals surface area contributed by atoms with E-state index >= 15 is 0 Å². The van der Waals surface area contributed by atoms with Crippen molar-refractivity contribution < 1.29 is 18.3 Å². The second kappa shape index (κ2) is 4.61. The maximum absolute atomic E-state index is 12.1. The summed E-state index contributed by atoms with van der Waals surface area (Å²) in [5.41, 5.74) is 0.587. The van der Waals surface area contributed by atoms with Crippen LogP contribution in [0.3, 0.4) is 0 Å². The first kappa shape index (κ1) is 13.5. The predicted molar refractivity (Wildman–Crippen MR) is 67.7 cm³/mol. The van der Waals surface area contributed by atoms with Crippen LogP contribution in [0.1, 0.15) is 16.5 Å². The number of carboxylic acids is 1. The average molecular weight is 290 g/mol. The molecule has 1 aromatic heterocycles. The summed E-state index contributed by atoms with van der Waals surface area (Å²) in [6.45, 7) is 0.199. The summed E-state index contributed by atoms with van der Waals surface area (Å²) in [4.78, 5) is 12.3. The van der Waals surface area contributed by atoms with Gasteiger partial charge in [-0.15, -0.1) is 11.3 Å². The topological polar surface area (TPSA) is 77.9 Å². The number of thiophene rings is 1. The van der Waals surface area contributed by atoms with Crippen LogP contribution in [0.2, 0.25) is 0 Å². The third-order valence-corrected chi connectivity index (χ3v) is 5.82. The summed E-state index contributed by atoms with van der Waals surface area (Å²) in [6, 6.07) is 0.572. The highest BCUT2D eigenvalue weighted by atomic mass is 32.2. The molecule has 0 saturated heterocycles. The van der Waals surface area contributed by atoms with E-state index < -0.39 is 22.2 Å². The Labute approximate surface area is 110 Å². The van der Waals surface area contributed by atoms with Crippen LogP contribution < -0.4 is 0 Å². The fraction of sp³-hybridized carbons (Fsp3) is 0.500. The summed E-state index contributed by atoms with van der Waals surface area (Å²) < 4.78 is 26.3. The Bertz CT molecular complexity index is 564. The third-order valence-electron chi connectivity index (χ3n) is 2.91.